The minimum atomic E-state index is -0.304. The van der Waals surface area contributed by atoms with E-state index in [4.69, 9.17) is 0 Å². The highest BCUT2D eigenvalue weighted by molar-refractivity contribution is 9.10. The van der Waals surface area contributed by atoms with E-state index in [0.29, 0.717) is 17.3 Å². The molecule has 3 heterocycles. The van der Waals surface area contributed by atoms with E-state index in [2.05, 4.69) is 42.5 Å². The van der Waals surface area contributed by atoms with Gasteiger partial charge in [-0.1, -0.05) is 54.2 Å². The molecule has 0 unspecified atom stereocenters. The number of rotatable bonds is 8. The van der Waals surface area contributed by atoms with Crippen LogP contribution in [-0.4, -0.2) is 40.8 Å². The van der Waals surface area contributed by atoms with Crippen LogP contribution in [0, 0.1) is 13.8 Å². The maximum Gasteiger partial charge on any atom is 0.295 e. The van der Waals surface area contributed by atoms with Crippen LogP contribution in [0.5, 0.6) is 0 Å². The van der Waals surface area contributed by atoms with Crippen LogP contribution in [0.2, 0.25) is 0 Å². The number of hydrogen-bond donors (Lipinski definition) is 2. The third-order valence-corrected chi connectivity index (χ3v) is 8.78. The van der Waals surface area contributed by atoms with Crippen molar-refractivity contribution < 1.29 is 4.79 Å². The molecule has 0 radical (unpaired) electrons. The first-order chi connectivity index (χ1) is 20.3. The van der Waals surface area contributed by atoms with Crippen molar-refractivity contribution >= 4 is 50.2 Å². The number of aromatic nitrogens is 6. The molecule has 3 aromatic heterocycles. The van der Waals surface area contributed by atoms with Crippen molar-refractivity contribution in [2.45, 2.75) is 25.4 Å². The van der Waals surface area contributed by atoms with Gasteiger partial charge in [0.2, 0.25) is 5.91 Å². The van der Waals surface area contributed by atoms with Crippen molar-refractivity contribution in [1.29, 1.82) is 0 Å². The number of para-hydroxylation sites is 2. The molecule has 42 heavy (non-hydrogen) atoms. The van der Waals surface area contributed by atoms with Crippen LogP contribution in [0.25, 0.3) is 22.3 Å². The van der Waals surface area contributed by atoms with E-state index < -0.39 is 0 Å². The second kappa shape index (κ2) is 11.5. The number of fused-ring (bicyclic) bond motifs is 1. The minimum Gasteiger partial charge on any atom is -0.361 e. The number of carbonyl (C=O) groups excluding carboxylic acids is 1. The molecule has 0 aliphatic rings. The number of amides is 1. The number of hydrogen-bond acceptors (Lipinski definition) is 5. The van der Waals surface area contributed by atoms with Crippen LogP contribution in [0.1, 0.15) is 22.6 Å². The molecule has 11 heteroatoms. The summed E-state index contributed by atoms with van der Waals surface area (Å²) in [7, 11) is 1.80. The van der Waals surface area contributed by atoms with E-state index in [-0.39, 0.29) is 22.9 Å². The third-order valence-electron chi connectivity index (χ3n) is 7.22. The molecule has 0 bridgehead atoms. The highest BCUT2D eigenvalue weighted by Crippen LogP contribution is 2.30. The number of aromatic amines is 1. The Morgan fingerprint density at radius 3 is 2.57 bits per heavy atom. The molecule has 0 aliphatic heterocycles. The van der Waals surface area contributed by atoms with Crippen LogP contribution in [0.3, 0.4) is 0 Å². The highest BCUT2D eigenvalue weighted by atomic mass is 79.9. The summed E-state index contributed by atoms with van der Waals surface area (Å²) in [5, 5.41) is 13.6. The summed E-state index contributed by atoms with van der Waals surface area (Å²) in [4.78, 5) is 29.7. The molecule has 9 nitrogen and oxygen atoms in total. The molecule has 0 spiro atoms. The Kier molecular flexibility index (Phi) is 7.61. The first-order valence-electron chi connectivity index (χ1n) is 13.3. The maximum atomic E-state index is 13.3. The fourth-order valence-corrected chi connectivity index (χ4v) is 6.44. The quantitative estimate of drug-likeness (QED) is 0.200. The lowest BCUT2D eigenvalue weighted by molar-refractivity contribution is -0.113. The van der Waals surface area contributed by atoms with Gasteiger partial charge >= 0.3 is 0 Å². The van der Waals surface area contributed by atoms with Crippen LogP contribution in [0.15, 0.2) is 93.4 Å². The molecule has 2 N–H and O–H groups in total. The summed E-state index contributed by atoms with van der Waals surface area (Å²) in [5.41, 5.74) is 5.52. The van der Waals surface area contributed by atoms with Gasteiger partial charge in [0, 0.05) is 35.0 Å². The topological polar surface area (TPSA) is 103 Å². The van der Waals surface area contributed by atoms with Gasteiger partial charge in [-0.05, 0) is 71.2 Å². The van der Waals surface area contributed by atoms with E-state index in [1.807, 2.05) is 91.3 Å². The van der Waals surface area contributed by atoms with Crippen LogP contribution >= 0.6 is 27.7 Å². The van der Waals surface area contributed by atoms with Crippen LogP contribution in [0.4, 0.5) is 5.69 Å². The second-order valence-corrected chi connectivity index (χ2v) is 11.8. The molecule has 6 rings (SSSR count). The Hall–Kier alpha value is -4.35. The number of nitrogens with zero attached hydrogens (tertiary/aromatic N) is 5. The summed E-state index contributed by atoms with van der Waals surface area (Å²) < 4.78 is 6.17. The Balaban J connectivity index is 1.28. The number of halogens is 1. The molecular formula is C31H28BrN7O2S. The average Bonchev–Trinajstić information content (AvgIpc) is 3.64. The van der Waals surface area contributed by atoms with Crippen molar-refractivity contribution in [3.63, 3.8) is 0 Å². The standard InChI is InChI=1S/C31H28BrN7O2S/c1-19-13-14-26(24(32)15-19)38-27(16-21-17-33-25-12-8-7-11-23(21)25)35-36-31(38)42-18-28(40)34-29-20(2)37(3)39(30(29)41)22-9-5-4-6-10-22/h4-15,17,33H,16,18H2,1-3H3,(H,34,40). The van der Waals surface area contributed by atoms with Crippen LogP contribution in [-0.2, 0) is 18.3 Å². The Morgan fingerprint density at radius 1 is 1.02 bits per heavy atom. The monoisotopic (exact) mass is 641 g/mol. The van der Waals surface area contributed by atoms with Crippen LogP contribution < -0.4 is 10.9 Å². The first-order valence-corrected chi connectivity index (χ1v) is 15.1. The zero-order valence-electron chi connectivity index (χ0n) is 23.3. The Morgan fingerprint density at radius 2 is 1.79 bits per heavy atom. The molecule has 6 aromatic rings. The molecule has 0 saturated carbocycles. The summed E-state index contributed by atoms with van der Waals surface area (Å²) >= 11 is 4.98. The fraction of sp³-hybridized carbons (Fsp3) is 0.161. The van der Waals surface area contributed by atoms with E-state index in [9.17, 15) is 9.59 Å². The van der Waals surface area contributed by atoms with Gasteiger partial charge in [0.1, 0.15) is 11.5 Å². The minimum absolute atomic E-state index is 0.0494. The van der Waals surface area contributed by atoms with E-state index in [1.165, 1.54) is 11.8 Å². The van der Waals surface area contributed by atoms with Gasteiger partial charge in [-0.2, -0.15) is 0 Å². The number of nitrogens with one attached hydrogen (secondary N) is 2. The number of benzene rings is 3. The van der Waals surface area contributed by atoms with Crippen molar-refractivity contribution in [3.05, 3.63) is 116 Å². The van der Waals surface area contributed by atoms with Gasteiger partial charge in [0.15, 0.2) is 5.16 Å². The van der Waals surface area contributed by atoms with Gasteiger partial charge in [-0.3, -0.25) is 18.8 Å². The molecule has 212 valence electrons. The molecule has 0 aliphatic carbocycles. The number of aryl methyl sites for hydroxylation is 1. The van der Waals surface area contributed by atoms with E-state index >= 15 is 0 Å². The third kappa shape index (κ3) is 5.21. The van der Waals surface area contributed by atoms with Crippen molar-refractivity contribution in [3.8, 4) is 11.4 Å². The highest BCUT2D eigenvalue weighted by Gasteiger charge is 2.21. The largest absolute Gasteiger partial charge is 0.361 e. The zero-order valence-corrected chi connectivity index (χ0v) is 25.7. The van der Waals surface area contributed by atoms with Gasteiger partial charge in [-0.25, -0.2) is 4.68 Å². The maximum absolute atomic E-state index is 13.3. The van der Waals surface area contributed by atoms with E-state index in [0.717, 1.165) is 43.7 Å². The summed E-state index contributed by atoms with van der Waals surface area (Å²) in [6, 6.07) is 23.6. The zero-order chi connectivity index (χ0) is 29.4. The lowest BCUT2D eigenvalue weighted by Crippen LogP contribution is -2.23. The molecule has 1 amide bonds. The molecular weight excluding hydrogens is 614 g/mol. The van der Waals surface area contributed by atoms with E-state index in [1.54, 1.807) is 16.4 Å². The SMILES string of the molecule is Cc1ccc(-n2c(Cc3c[nH]c4ccccc34)nnc2SCC(=O)Nc2c(C)n(C)n(-c3ccccc3)c2=O)c(Br)c1. The number of anilines is 1. The molecule has 0 atom stereocenters. The predicted molar refractivity (Wildman–Crippen MR) is 170 cm³/mol. The summed E-state index contributed by atoms with van der Waals surface area (Å²) in [6.45, 7) is 3.84. The predicted octanol–water partition coefficient (Wildman–Crippen LogP) is 5.94. The summed E-state index contributed by atoms with van der Waals surface area (Å²) in [5.74, 6) is 0.493. The van der Waals surface area contributed by atoms with Gasteiger partial charge in [-0.15, -0.1) is 10.2 Å². The Bertz CT molecular complexity index is 1990. The van der Waals surface area contributed by atoms with Crippen molar-refractivity contribution in [2.75, 3.05) is 11.1 Å². The number of H-pyrrole nitrogens is 1. The van der Waals surface area contributed by atoms with Gasteiger partial charge in [0.25, 0.3) is 5.56 Å². The van der Waals surface area contributed by atoms with Crippen molar-refractivity contribution in [1.82, 2.24) is 29.1 Å². The molecule has 0 saturated heterocycles. The lowest BCUT2D eigenvalue weighted by Gasteiger charge is -2.13. The fourth-order valence-electron chi connectivity index (χ4n) is 5.01. The lowest BCUT2D eigenvalue weighted by atomic mass is 10.1. The normalized spacial score (nSPS) is 11.3. The van der Waals surface area contributed by atoms with Gasteiger partial charge in [0.05, 0.1) is 22.8 Å². The Labute approximate surface area is 254 Å². The number of thioether (sulfide) groups is 1. The summed E-state index contributed by atoms with van der Waals surface area (Å²) in [6.07, 6.45) is 2.55. The first kappa shape index (κ1) is 27.8. The molecule has 0 fully saturated rings. The number of carbonyl (C=O) groups is 1. The van der Waals surface area contributed by atoms with Gasteiger partial charge < -0.3 is 10.3 Å². The molecule has 3 aromatic carbocycles. The average molecular weight is 643 g/mol. The smallest absolute Gasteiger partial charge is 0.295 e. The van der Waals surface area contributed by atoms with Crippen molar-refractivity contribution in [2.24, 2.45) is 7.05 Å². The second-order valence-electron chi connectivity index (χ2n) is 10.00.